The Hall–Kier alpha value is 2.36. The van der Waals surface area contributed by atoms with Gasteiger partial charge in [0.05, 0.1) is 0 Å². The quantitative estimate of drug-likeness (QED) is 0.200. The topological polar surface area (TPSA) is 162 Å². The van der Waals surface area contributed by atoms with Crippen molar-refractivity contribution in [3.63, 3.8) is 0 Å². The van der Waals surface area contributed by atoms with E-state index in [1.807, 2.05) is 0 Å². The van der Waals surface area contributed by atoms with Gasteiger partial charge < -0.3 is 0 Å². The van der Waals surface area contributed by atoms with Gasteiger partial charge in [-0.05, 0) is 0 Å². The van der Waals surface area contributed by atoms with Crippen LogP contribution in [0.5, 0.6) is 0 Å². The van der Waals surface area contributed by atoms with Crippen molar-refractivity contribution in [3.8, 4) is 0 Å². The summed E-state index contributed by atoms with van der Waals surface area (Å²) in [6.45, 7) is 0. The Balaban J connectivity index is -0.0000000457. The molecule has 0 rings (SSSR count). The monoisotopic (exact) mass is 360 g/mol. The van der Waals surface area contributed by atoms with E-state index in [9.17, 15) is 0 Å². The van der Waals surface area contributed by atoms with Crippen LogP contribution >= 0.6 is 0 Å². The first-order valence-electron chi connectivity index (χ1n) is 1.79. The minimum absolute atomic E-state index is 0. The molecule has 8 N–H and O–H groups in total. The van der Waals surface area contributed by atoms with E-state index in [0.29, 0.717) is 0 Å². The third-order valence-electron chi connectivity index (χ3n) is 0. The van der Waals surface area contributed by atoms with Gasteiger partial charge in [-0.25, -0.2) is 0 Å². The first-order valence-corrected chi connectivity index (χ1v) is 7.38. The molecule has 0 aliphatic carbocycles. The summed E-state index contributed by atoms with van der Waals surface area (Å²) in [7, 11) is 0. The Bertz CT molecular complexity index is 58.0. The van der Waals surface area contributed by atoms with Crippen LogP contribution in [0.3, 0.4) is 0 Å². The maximum atomic E-state index is 7.38. The van der Waals surface area contributed by atoms with Crippen molar-refractivity contribution in [2.45, 2.75) is 0 Å². The molecule has 0 atom stereocenters. The second kappa shape index (κ2) is 9.89. The molecule has 0 aromatic heterocycles. The number of rotatable bonds is 0. The maximum absolute atomic E-state index is 7.38. The molecular weight excluding hydrogens is 355 g/mol. The summed E-state index contributed by atoms with van der Waals surface area (Å²) in [6, 6.07) is 0. The van der Waals surface area contributed by atoms with Crippen molar-refractivity contribution in [2.75, 3.05) is 0 Å². The zero-order chi connectivity index (χ0) is 9.00. The minimum atomic E-state index is -5.00. The molecule has 0 aliphatic rings. The second-order valence-electron chi connectivity index (χ2n) is 1.20. The van der Waals surface area contributed by atoms with Gasteiger partial charge in [0.1, 0.15) is 0 Å². The fourth-order valence-electron chi connectivity index (χ4n) is 0. The number of hydrogen-bond donors (Lipinski definition) is 8. The molecule has 0 saturated heterocycles. The molecule has 0 spiro atoms. The van der Waals surface area contributed by atoms with Crippen molar-refractivity contribution in [1.82, 2.24) is 0 Å². The summed E-state index contributed by atoms with van der Waals surface area (Å²) >= 11 is -10.0. The molecule has 0 saturated carbocycles. The Labute approximate surface area is 104 Å². The van der Waals surface area contributed by atoms with Gasteiger partial charge in [-0.1, -0.05) is 0 Å². The van der Waals surface area contributed by atoms with Gasteiger partial charge in [-0.3, -0.25) is 0 Å². The standard InChI is InChI=1S/8H2O.2Ti.2Zn/h8*1H2;;;;/q;;;;;;;;2*+4;;/p-8. The second-order valence-corrected chi connectivity index (χ2v) is 4.95. The van der Waals surface area contributed by atoms with Crippen LogP contribution in [0.4, 0.5) is 0 Å². The van der Waals surface area contributed by atoms with Crippen LogP contribution in [0, 0.1) is 0 Å². The van der Waals surface area contributed by atoms with Crippen LogP contribution in [0.25, 0.3) is 0 Å². The van der Waals surface area contributed by atoms with Crippen molar-refractivity contribution in [3.05, 3.63) is 0 Å². The molecule has 0 fully saturated rings. The summed E-state index contributed by atoms with van der Waals surface area (Å²) in [5.41, 5.74) is 0. The van der Waals surface area contributed by atoms with E-state index in [1.54, 1.807) is 0 Å². The van der Waals surface area contributed by atoms with Crippen molar-refractivity contribution in [2.24, 2.45) is 0 Å². The third kappa shape index (κ3) is 287. The Morgan fingerprint density at radius 2 is 0.417 bits per heavy atom. The predicted molar refractivity (Wildman–Crippen MR) is 17.8 cm³/mol. The van der Waals surface area contributed by atoms with E-state index in [2.05, 4.69) is 0 Å². The Morgan fingerprint density at radius 1 is 0.417 bits per heavy atom. The van der Waals surface area contributed by atoms with E-state index < -0.39 is 36.3 Å². The van der Waals surface area contributed by atoms with Gasteiger partial charge in [0.25, 0.3) is 0 Å². The van der Waals surface area contributed by atoms with E-state index in [1.165, 1.54) is 0 Å². The zero-order valence-electron chi connectivity index (χ0n) is 5.99. The largest absolute Gasteiger partial charge is 0 e. The van der Waals surface area contributed by atoms with Crippen LogP contribution in [0.15, 0.2) is 0 Å². The van der Waals surface area contributed by atoms with Gasteiger partial charge in [0, 0.05) is 39.0 Å². The summed E-state index contributed by atoms with van der Waals surface area (Å²) in [5.74, 6) is 0. The van der Waals surface area contributed by atoms with Gasteiger partial charge in [0.15, 0.2) is 0 Å². The molecule has 12 heavy (non-hydrogen) atoms. The summed E-state index contributed by atoms with van der Waals surface area (Å²) in [6.07, 6.45) is 0. The third-order valence-corrected chi connectivity index (χ3v) is 0. The van der Waals surface area contributed by atoms with Crippen LogP contribution in [0.1, 0.15) is 0 Å². The van der Waals surface area contributed by atoms with Crippen LogP contribution in [-0.2, 0) is 75.2 Å². The van der Waals surface area contributed by atoms with E-state index >= 15 is 0 Å². The predicted octanol–water partition coefficient (Wildman–Crippen LogP) is -4.47. The number of hydrogen-bond acceptors (Lipinski definition) is 8. The first-order chi connectivity index (χ1) is 4.00. The summed E-state index contributed by atoms with van der Waals surface area (Å²) < 4.78 is 59.0. The molecule has 0 aromatic carbocycles. The van der Waals surface area contributed by atoms with Gasteiger partial charge in [-0.15, -0.1) is 0 Å². The molecule has 0 bridgehead atoms. The van der Waals surface area contributed by atoms with Crippen molar-refractivity contribution in [1.29, 1.82) is 0 Å². The Kier molecular flexibility index (Phi) is 19.7. The fourth-order valence-corrected chi connectivity index (χ4v) is 0. The maximum Gasteiger partial charge on any atom is 0 e. The van der Waals surface area contributed by atoms with Gasteiger partial charge in [0.2, 0.25) is 0 Å². The van der Waals surface area contributed by atoms with Crippen LogP contribution in [0.2, 0.25) is 0 Å². The summed E-state index contributed by atoms with van der Waals surface area (Å²) in [5, 5.41) is 0. The molecule has 0 heterocycles. The van der Waals surface area contributed by atoms with Crippen LogP contribution < -0.4 is 0 Å². The smallest absolute Gasteiger partial charge is 0 e. The van der Waals surface area contributed by atoms with E-state index in [4.69, 9.17) is 29.5 Å². The molecule has 68 valence electrons. The molecule has 12 heteroatoms. The molecule has 0 radical (unpaired) electrons. The van der Waals surface area contributed by atoms with E-state index in [-0.39, 0.29) is 39.0 Å². The molecule has 0 aromatic rings. The normalized spacial score (nSPS) is 10.0. The minimum Gasteiger partial charge on any atom is 0 e. The molecule has 8 nitrogen and oxygen atoms in total. The average molecular weight is 363 g/mol. The SMILES string of the molecule is [OH][Ti]([OH])([OH])[OH].[OH][Ti]([OH])([OH])[OH].[Zn].[Zn]. The molecule has 0 aliphatic heterocycles. The van der Waals surface area contributed by atoms with Crippen molar-refractivity contribution >= 4 is 0 Å². The molecular formula is H8O8Ti2Zn2. The average Bonchev–Trinajstić information content (AvgIpc) is 1.12. The van der Waals surface area contributed by atoms with E-state index in [0.717, 1.165) is 0 Å². The van der Waals surface area contributed by atoms with Gasteiger partial charge >= 0.3 is 65.8 Å². The first kappa shape index (κ1) is 23.9. The fraction of sp³-hybridized carbons (Fsp3) is 0. The Morgan fingerprint density at radius 3 is 0.417 bits per heavy atom. The molecule has 0 unspecified atom stereocenters. The van der Waals surface area contributed by atoms with Crippen molar-refractivity contribution < 1.29 is 105 Å². The molecule has 0 amide bonds. The zero-order valence-corrected chi connectivity index (χ0v) is 15.0. The van der Waals surface area contributed by atoms with Crippen LogP contribution in [-0.4, -0.2) is 29.5 Å². The summed E-state index contributed by atoms with van der Waals surface area (Å²) in [4.78, 5) is 0. The van der Waals surface area contributed by atoms with Gasteiger partial charge in [-0.2, -0.15) is 0 Å².